The number of hydrogen-bond acceptors (Lipinski definition) is 3. The van der Waals surface area contributed by atoms with E-state index in [0.29, 0.717) is 30.5 Å². The largest absolute Gasteiger partial charge is 0.380 e. The summed E-state index contributed by atoms with van der Waals surface area (Å²) >= 11 is 6.10. The van der Waals surface area contributed by atoms with E-state index >= 15 is 0 Å². The van der Waals surface area contributed by atoms with E-state index in [1.807, 2.05) is 12.1 Å². The van der Waals surface area contributed by atoms with Gasteiger partial charge in [0.15, 0.2) is 0 Å². The van der Waals surface area contributed by atoms with Crippen LogP contribution in [-0.2, 0) is 9.53 Å². The fraction of sp³-hybridized carbons (Fsp3) is 0.667. The highest BCUT2D eigenvalue weighted by atomic mass is 35.5. The third-order valence-corrected chi connectivity index (χ3v) is 6.89. The van der Waals surface area contributed by atoms with E-state index in [1.54, 1.807) is 0 Å². The van der Waals surface area contributed by atoms with E-state index in [0.717, 1.165) is 50.4 Å². The van der Waals surface area contributed by atoms with Crippen LogP contribution >= 0.6 is 11.6 Å². The maximum Gasteiger partial charge on any atom is 0.227 e. The third kappa shape index (κ3) is 3.51. The topological polar surface area (TPSA) is 32.8 Å². The first-order valence-corrected chi connectivity index (χ1v) is 10.4. The number of ether oxygens (including phenoxy) is 1. The molecule has 3 saturated heterocycles. The van der Waals surface area contributed by atoms with Gasteiger partial charge in [0.25, 0.3) is 0 Å². The van der Waals surface area contributed by atoms with Gasteiger partial charge in [0.2, 0.25) is 5.91 Å². The third-order valence-electron chi connectivity index (χ3n) is 6.64. The van der Waals surface area contributed by atoms with Crippen LogP contribution in [0.4, 0.5) is 0 Å². The zero-order chi connectivity index (χ0) is 18.1. The van der Waals surface area contributed by atoms with Crippen LogP contribution in [0.25, 0.3) is 0 Å². The van der Waals surface area contributed by atoms with E-state index in [-0.39, 0.29) is 5.92 Å². The predicted molar refractivity (Wildman–Crippen MR) is 104 cm³/mol. The summed E-state index contributed by atoms with van der Waals surface area (Å²) in [5, 5.41) is 0.758. The quantitative estimate of drug-likeness (QED) is 0.791. The molecule has 3 heterocycles. The van der Waals surface area contributed by atoms with Crippen LogP contribution in [0.3, 0.4) is 0 Å². The molecule has 4 nitrogen and oxygen atoms in total. The minimum atomic E-state index is 0.0411. The summed E-state index contributed by atoms with van der Waals surface area (Å²) < 4.78 is 5.63. The smallest absolute Gasteiger partial charge is 0.227 e. The highest BCUT2D eigenvalue weighted by Gasteiger charge is 2.49. The fourth-order valence-electron chi connectivity index (χ4n) is 5.18. The highest BCUT2D eigenvalue weighted by Crippen LogP contribution is 2.47. The molecule has 0 aliphatic carbocycles. The Balaban J connectivity index is 1.61. The van der Waals surface area contributed by atoms with Crippen LogP contribution in [0.5, 0.6) is 0 Å². The molecule has 4 rings (SSSR count). The molecule has 0 saturated carbocycles. The zero-order valence-corrected chi connectivity index (χ0v) is 16.3. The predicted octanol–water partition coefficient (Wildman–Crippen LogP) is 3.55. The molecule has 26 heavy (non-hydrogen) atoms. The van der Waals surface area contributed by atoms with Crippen LogP contribution in [-0.4, -0.2) is 61.1 Å². The summed E-state index contributed by atoms with van der Waals surface area (Å²) in [6, 6.07) is 9.11. The summed E-state index contributed by atoms with van der Waals surface area (Å²) in [5.74, 6) is 0.659. The molecule has 0 spiro atoms. The molecular weight excluding hydrogens is 348 g/mol. The van der Waals surface area contributed by atoms with E-state index in [2.05, 4.69) is 29.0 Å². The van der Waals surface area contributed by atoms with Gasteiger partial charge >= 0.3 is 0 Å². The summed E-state index contributed by atoms with van der Waals surface area (Å²) in [4.78, 5) is 18.2. The fourth-order valence-corrected chi connectivity index (χ4v) is 5.31. The van der Waals surface area contributed by atoms with Crippen LogP contribution in [0, 0.1) is 5.92 Å². The molecule has 3 aliphatic rings. The van der Waals surface area contributed by atoms with Crippen LogP contribution in [0.1, 0.15) is 43.6 Å². The molecule has 1 aromatic carbocycles. The Morgan fingerprint density at radius 1 is 1.12 bits per heavy atom. The first-order chi connectivity index (χ1) is 12.6. The van der Waals surface area contributed by atoms with E-state index in [1.165, 1.54) is 12.0 Å². The molecule has 142 valence electrons. The number of rotatable bonds is 2. The number of carbonyl (C=O) groups is 1. The van der Waals surface area contributed by atoms with Gasteiger partial charge in [-0.2, -0.15) is 0 Å². The minimum Gasteiger partial charge on any atom is -0.380 e. The SMILES string of the molecule is CN1C2CCC1C(C(=O)N1CCCCOCC1)C(c1ccc(Cl)cc1)C2. The standard InChI is InChI=1S/C21H29ClN2O2/c1-23-17-8-9-19(23)20(18(14-17)15-4-6-16(22)7-5-15)21(25)24-10-2-3-12-26-13-11-24/h4-7,17-20H,2-3,8-14H2,1H3. The van der Waals surface area contributed by atoms with Crippen molar-refractivity contribution in [1.82, 2.24) is 9.80 Å². The molecule has 4 atom stereocenters. The molecule has 2 bridgehead atoms. The van der Waals surface area contributed by atoms with Crippen molar-refractivity contribution in [3.05, 3.63) is 34.9 Å². The lowest BCUT2D eigenvalue weighted by Gasteiger charge is -2.44. The van der Waals surface area contributed by atoms with Crippen molar-refractivity contribution in [2.45, 2.75) is 50.1 Å². The molecule has 0 aromatic heterocycles. The van der Waals surface area contributed by atoms with Crippen molar-refractivity contribution in [1.29, 1.82) is 0 Å². The Bertz CT molecular complexity index is 627. The van der Waals surface area contributed by atoms with Gasteiger partial charge in [0.1, 0.15) is 0 Å². The Morgan fingerprint density at radius 3 is 2.73 bits per heavy atom. The average Bonchev–Trinajstić information content (AvgIpc) is 2.85. The van der Waals surface area contributed by atoms with Crippen molar-refractivity contribution in [2.24, 2.45) is 5.92 Å². The van der Waals surface area contributed by atoms with Crippen molar-refractivity contribution in [3.8, 4) is 0 Å². The number of fused-ring (bicyclic) bond motifs is 2. The van der Waals surface area contributed by atoms with Crippen LogP contribution in [0.15, 0.2) is 24.3 Å². The molecule has 5 heteroatoms. The minimum absolute atomic E-state index is 0.0411. The van der Waals surface area contributed by atoms with Gasteiger partial charge in [-0.05, 0) is 62.8 Å². The number of amides is 1. The van der Waals surface area contributed by atoms with Gasteiger partial charge in [-0.1, -0.05) is 23.7 Å². The van der Waals surface area contributed by atoms with Crippen molar-refractivity contribution in [3.63, 3.8) is 0 Å². The zero-order valence-electron chi connectivity index (χ0n) is 15.6. The normalized spacial score (nSPS) is 32.9. The number of piperidine rings is 1. The number of nitrogens with zero attached hydrogens (tertiary/aromatic N) is 2. The molecule has 4 unspecified atom stereocenters. The average molecular weight is 377 g/mol. The van der Waals surface area contributed by atoms with Crippen LogP contribution in [0.2, 0.25) is 5.02 Å². The highest BCUT2D eigenvalue weighted by molar-refractivity contribution is 6.30. The Hall–Kier alpha value is -1.10. The van der Waals surface area contributed by atoms with Crippen LogP contribution < -0.4 is 0 Å². The first kappa shape index (κ1) is 18.3. The van der Waals surface area contributed by atoms with Crippen molar-refractivity contribution >= 4 is 17.5 Å². The molecule has 3 fully saturated rings. The van der Waals surface area contributed by atoms with Gasteiger partial charge in [0.05, 0.1) is 12.5 Å². The monoisotopic (exact) mass is 376 g/mol. The lowest BCUT2D eigenvalue weighted by molar-refractivity contribution is -0.141. The maximum atomic E-state index is 13.6. The second-order valence-corrected chi connectivity index (χ2v) is 8.46. The summed E-state index contributed by atoms with van der Waals surface area (Å²) in [6.45, 7) is 3.08. The van der Waals surface area contributed by atoms with Crippen molar-refractivity contribution in [2.75, 3.05) is 33.4 Å². The molecule has 0 N–H and O–H groups in total. The van der Waals surface area contributed by atoms with E-state index in [9.17, 15) is 4.79 Å². The summed E-state index contributed by atoms with van der Waals surface area (Å²) in [7, 11) is 2.21. The van der Waals surface area contributed by atoms with E-state index in [4.69, 9.17) is 16.3 Å². The molecule has 1 aromatic rings. The second-order valence-electron chi connectivity index (χ2n) is 8.03. The molecule has 1 amide bonds. The Morgan fingerprint density at radius 2 is 1.92 bits per heavy atom. The number of halogens is 1. The summed E-state index contributed by atoms with van der Waals surface area (Å²) in [6.07, 6.45) is 5.48. The lowest BCUT2D eigenvalue weighted by atomic mass is 9.75. The van der Waals surface area contributed by atoms with Crippen molar-refractivity contribution < 1.29 is 9.53 Å². The number of carbonyl (C=O) groups excluding carboxylic acids is 1. The van der Waals surface area contributed by atoms with Gasteiger partial charge in [0, 0.05) is 36.8 Å². The molecule has 3 aliphatic heterocycles. The van der Waals surface area contributed by atoms with E-state index < -0.39 is 0 Å². The Kier molecular flexibility index (Phi) is 5.53. The first-order valence-electron chi connectivity index (χ1n) is 9.99. The summed E-state index contributed by atoms with van der Waals surface area (Å²) in [5.41, 5.74) is 1.26. The van der Waals surface area contributed by atoms with Gasteiger partial charge < -0.3 is 9.64 Å². The lowest BCUT2D eigenvalue weighted by Crippen LogP contribution is -2.53. The number of hydrogen-bond donors (Lipinski definition) is 0. The Labute approximate surface area is 161 Å². The number of benzene rings is 1. The maximum absolute atomic E-state index is 13.6. The van der Waals surface area contributed by atoms with Gasteiger partial charge in [-0.15, -0.1) is 0 Å². The second kappa shape index (κ2) is 7.87. The molecule has 0 radical (unpaired) electrons. The molecular formula is C21H29ClN2O2. The van der Waals surface area contributed by atoms with Gasteiger partial charge in [-0.3, -0.25) is 9.69 Å². The van der Waals surface area contributed by atoms with Gasteiger partial charge in [-0.25, -0.2) is 0 Å².